The Balaban J connectivity index is 1.98. The highest BCUT2D eigenvalue weighted by Gasteiger charge is 2.08. The average Bonchev–Trinajstić information content (AvgIpc) is 2.98. The van der Waals surface area contributed by atoms with Crippen molar-refractivity contribution in [1.82, 2.24) is 14.8 Å². The Hall–Kier alpha value is -2.69. The molecule has 3 rings (SSSR count). The van der Waals surface area contributed by atoms with Crippen LogP contribution in [-0.4, -0.2) is 21.9 Å². The van der Waals surface area contributed by atoms with Gasteiger partial charge >= 0.3 is 0 Å². The van der Waals surface area contributed by atoms with Crippen LogP contribution in [0.1, 0.15) is 0 Å². The zero-order valence-electron chi connectivity index (χ0n) is 10.8. The van der Waals surface area contributed by atoms with Crippen LogP contribution < -0.4 is 4.74 Å². The van der Waals surface area contributed by atoms with Crippen molar-refractivity contribution < 1.29 is 9.13 Å². The molecule has 0 radical (unpaired) electrons. The average molecular weight is 269 g/mol. The monoisotopic (exact) mass is 269 g/mol. The van der Waals surface area contributed by atoms with Gasteiger partial charge in [-0.2, -0.15) is 5.10 Å². The summed E-state index contributed by atoms with van der Waals surface area (Å²) in [5.74, 6) is 0.564. The third-order valence-electron chi connectivity index (χ3n) is 2.95. The number of aromatic nitrogens is 3. The molecular formula is C15H12FN3O. The van der Waals surface area contributed by atoms with Crippen molar-refractivity contribution in [3.63, 3.8) is 0 Å². The SMILES string of the molecule is COc1cc(-c2cnn(-c3ccccn3)c2)ccc1F. The van der Waals surface area contributed by atoms with Crippen molar-refractivity contribution in [3.8, 4) is 22.7 Å². The second-order valence-electron chi connectivity index (χ2n) is 4.21. The zero-order chi connectivity index (χ0) is 13.9. The van der Waals surface area contributed by atoms with Crippen molar-refractivity contribution in [1.29, 1.82) is 0 Å². The molecule has 0 atom stereocenters. The largest absolute Gasteiger partial charge is 0.494 e. The van der Waals surface area contributed by atoms with Crippen molar-refractivity contribution in [2.45, 2.75) is 0 Å². The lowest BCUT2D eigenvalue weighted by Crippen LogP contribution is -1.95. The smallest absolute Gasteiger partial charge is 0.165 e. The van der Waals surface area contributed by atoms with E-state index in [2.05, 4.69) is 10.1 Å². The predicted octanol–water partition coefficient (Wildman–Crippen LogP) is 3.08. The number of halogens is 1. The van der Waals surface area contributed by atoms with Gasteiger partial charge in [-0.1, -0.05) is 12.1 Å². The number of nitrogens with zero attached hydrogens (tertiary/aromatic N) is 3. The lowest BCUT2D eigenvalue weighted by Gasteiger charge is -2.03. The van der Waals surface area contributed by atoms with Crippen LogP contribution in [0.4, 0.5) is 4.39 Å². The van der Waals surface area contributed by atoms with Gasteiger partial charge in [0.2, 0.25) is 0 Å². The fraction of sp³-hybridized carbons (Fsp3) is 0.0667. The number of ether oxygens (including phenoxy) is 1. The summed E-state index contributed by atoms with van der Waals surface area (Å²) in [4.78, 5) is 4.22. The fourth-order valence-corrected chi connectivity index (χ4v) is 1.93. The molecule has 0 fully saturated rings. The second-order valence-corrected chi connectivity index (χ2v) is 4.21. The molecule has 0 amide bonds. The van der Waals surface area contributed by atoms with Gasteiger partial charge in [0.15, 0.2) is 17.4 Å². The Kier molecular flexibility index (Phi) is 3.16. The van der Waals surface area contributed by atoms with Gasteiger partial charge < -0.3 is 4.74 Å². The first-order valence-corrected chi connectivity index (χ1v) is 6.08. The van der Waals surface area contributed by atoms with Crippen LogP contribution in [0.5, 0.6) is 5.75 Å². The molecule has 5 heteroatoms. The third-order valence-corrected chi connectivity index (χ3v) is 2.95. The Morgan fingerprint density at radius 3 is 2.80 bits per heavy atom. The summed E-state index contributed by atoms with van der Waals surface area (Å²) in [6.07, 6.45) is 5.26. The van der Waals surface area contributed by atoms with E-state index in [0.29, 0.717) is 0 Å². The predicted molar refractivity (Wildman–Crippen MR) is 73.3 cm³/mol. The van der Waals surface area contributed by atoms with Crippen LogP contribution in [0.2, 0.25) is 0 Å². The minimum Gasteiger partial charge on any atom is -0.494 e. The van der Waals surface area contributed by atoms with Gasteiger partial charge in [-0.05, 0) is 29.8 Å². The summed E-state index contributed by atoms with van der Waals surface area (Å²) < 4.78 is 20.1. The van der Waals surface area contributed by atoms with Crippen molar-refractivity contribution in [2.24, 2.45) is 0 Å². The Morgan fingerprint density at radius 1 is 1.15 bits per heavy atom. The van der Waals surface area contributed by atoms with Crippen molar-refractivity contribution >= 4 is 0 Å². The summed E-state index contributed by atoms with van der Waals surface area (Å²) in [6, 6.07) is 10.3. The highest BCUT2D eigenvalue weighted by atomic mass is 19.1. The molecule has 0 aliphatic rings. The number of rotatable bonds is 3. The van der Waals surface area contributed by atoms with Gasteiger partial charge in [0.05, 0.1) is 13.3 Å². The van der Waals surface area contributed by atoms with Gasteiger partial charge in [-0.25, -0.2) is 14.1 Å². The summed E-state index contributed by atoms with van der Waals surface area (Å²) in [5.41, 5.74) is 1.71. The molecule has 2 heterocycles. The van der Waals surface area contributed by atoms with Crippen LogP contribution in [0.15, 0.2) is 55.0 Å². The highest BCUT2D eigenvalue weighted by Crippen LogP contribution is 2.26. The molecule has 2 aromatic heterocycles. The summed E-state index contributed by atoms with van der Waals surface area (Å²) >= 11 is 0. The fourth-order valence-electron chi connectivity index (χ4n) is 1.93. The number of hydrogen-bond donors (Lipinski definition) is 0. The summed E-state index contributed by atoms with van der Waals surface area (Å²) in [6.45, 7) is 0. The molecule has 0 N–H and O–H groups in total. The molecular weight excluding hydrogens is 257 g/mol. The van der Waals surface area contributed by atoms with Gasteiger partial charge in [-0.3, -0.25) is 0 Å². The van der Waals surface area contributed by atoms with Gasteiger partial charge in [-0.15, -0.1) is 0 Å². The molecule has 0 saturated carbocycles. The number of hydrogen-bond acceptors (Lipinski definition) is 3. The van der Waals surface area contributed by atoms with E-state index in [1.165, 1.54) is 13.2 Å². The molecule has 0 aliphatic heterocycles. The van der Waals surface area contributed by atoms with E-state index >= 15 is 0 Å². The third kappa shape index (κ3) is 2.25. The zero-order valence-corrected chi connectivity index (χ0v) is 10.8. The number of methoxy groups -OCH3 is 1. The molecule has 0 unspecified atom stereocenters. The topological polar surface area (TPSA) is 39.9 Å². The lowest BCUT2D eigenvalue weighted by atomic mass is 10.1. The van der Waals surface area contributed by atoms with E-state index in [9.17, 15) is 4.39 Å². The maximum atomic E-state index is 13.4. The maximum absolute atomic E-state index is 13.4. The summed E-state index contributed by atoms with van der Waals surface area (Å²) in [5, 5.41) is 4.26. The second kappa shape index (κ2) is 5.13. The van der Waals surface area contributed by atoms with E-state index in [1.807, 2.05) is 24.4 Å². The number of benzene rings is 1. The Morgan fingerprint density at radius 2 is 2.05 bits per heavy atom. The molecule has 1 aromatic carbocycles. The van der Waals surface area contributed by atoms with E-state index in [1.54, 1.807) is 29.2 Å². The van der Waals surface area contributed by atoms with Crippen LogP contribution in [0.25, 0.3) is 16.9 Å². The first-order valence-electron chi connectivity index (χ1n) is 6.08. The quantitative estimate of drug-likeness (QED) is 0.733. The van der Waals surface area contributed by atoms with Crippen LogP contribution in [0, 0.1) is 5.82 Å². The van der Waals surface area contributed by atoms with Gasteiger partial charge in [0, 0.05) is 18.0 Å². The van der Waals surface area contributed by atoms with E-state index in [-0.39, 0.29) is 11.6 Å². The van der Waals surface area contributed by atoms with Crippen LogP contribution >= 0.6 is 0 Å². The molecule has 0 spiro atoms. The molecule has 100 valence electrons. The van der Waals surface area contributed by atoms with E-state index in [4.69, 9.17) is 4.74 Å². The first-order chi connectivity index (χ1) is 9.78. The normalized spacial score (nSPS) is 10.5. The maximum Gasteiger partial charge on any atom is 0.165 e. The Bertz CT molecular complexity index is 725. The van der Waals surface area contributed by atoms with E-state index in [0.717, 1.165) is 16.9 Å². The van der Waals surface area contributed by atoms with Crippen LogP contribution in [0.3, 0.4) is 0 Å². The van der Waals surface area contributed by atoms with Crippen molar-refractivity contribution in [2.75, 3.05) is 7.11 Å². The van der Waals surface area contributed by atoms with Gasteiger partial charge in [0.1, 0.15) is 0 Å². The van der Waals surface area contributed by atoms with Gasteiger partial charge in [0.25, 0.3) is 0 Å². The lowest BCUT2D eigenvalue weighted by molar-refractivity contribution is 0.387. The summed E-state index contributed by atoms with van der Waals surface area (Å²) in [7, 11) is 1.44. The van der Waals surface area contributed by atoms with E-state index < -0.39 is 0 Å². The molecule has 0 saturated heterocycles. The molecule has 0 aliphatic carbocycles. The molecule has 3 aromatic rings. The molecule has 0 bridgehead atoms. The Labute approximate surface area is 115 Å². The molecule has 20 heavy (non-hydrogen) atoms. The first kappa shape index (κ1) is 12.3. The molecule has 4 nitrogen and oxygen atoms in total. The standard InChI is InChI=1S/C15H12FN3O/c1-20-14-8-11(5-6-13(14)16)12-9-18-19(10-12)15-4-2-3-7-17-15/h2-10H,1H3. The minimum atomic E-state index is -0.381. The van der Waals surface area contributed by atoms with Crippen LogP contribution in [-0.2, 0) is 0 Å². The number of pyridine rings is 1. The van der Waals surface area contributed by atoms with Crippen molar-refractivity contribution in [3.05, 3.63) is 60.8 Å². The highest BCUT2D eigenvalue weighted by molar-refractivity contribution is 5.64. The minimum absolute atomic E-state index is 0.216.